The maximum absolute atomic E-state index is 13.6. The molecule has 5 rings (SSSR count). The zero-order valence-corrected chi connectivity index (χ0v) is 19.1. The predicted octanol–water partition coefficient (Wildman–Crippen LogP) is 4.62. The van der Waals surface area contributed by atoms with E-state index in [9.17, 15) is 14.0 Å². The molecule has 1 aliphatic rings. The molecule has 1 saturated heterocycles. The SMILES string of the molecule is O=C(O)Oc1ccc2c(CCCCN3CCN(c4cc(=O)oc5cc(F)ccc45)CC3)c[nH]c2c1. The van der Waals surface area contributed by atoms with Crippen LogP contribution in [0, 0.1) is 5.82 Å². The number of nitrogens with one attached hydrogen (secondary N) is 1. The van der Waals surface area contributed by atoms with E-state index in [0.29, 0.717) is 5.75 Å². The van der Waals surface area contributed by atoms with E-state index in [2.05, 4.69) is 14.8 Å². The third-order valence-corrected chi connectivity index (χ3v) is 6.51. The Morgan fingerprint density at radius 2 is 1.86 bits per heavy atom. The van der Waals surface area contributed by atoms with Crippen molar-refractivity contribution >= 4 is 33.7 Å². The molecule has 0 saturated carbocycles. The van der Waals surface area contributed by atoms with Gasteiger partial charge in [-0.3, -0.25) is 4.90 Å². The minimum absolute atomic E-state index is 0.276. The van der Waals surface area contributed by atoms with Gasteiger partial charge in [0.25, 0.3) is 0 Å². The van der Waals surface area contributed by atoms with Gasteiger partial charge in [0.2, 0.25) is 0 Å². The van der Waals surface area contributed by atoms with Gasteiger partial charge in [0, 0.05) is 66.9 Å². The van der Waals surface area contributed by atoms with Gasteiger partial charge in [0.1, 0.15) is 17.1 Å². The number of carboxylic acid groups (broad SMARTS) is 1. The van der Waals surface area contributed by atoms with Gasteiger partial charge < -0.3 is 24.1 Å². The maximum Gasteiger partial charge on any atom is 0.511 e. The highest BCUT2D eigenvalue weighted by Gasteiger charge is 2.20. The Balaban J connectivity index is 1.12. The number of hydrogen-bond donors (Lipinski definition) is 2. The van der Waals surface area contributed by atoms with Crippen molar-refractivity contribution in [2.45, 2.75) is 19.3 Å². The molecule has 2 aromatic heterocycles. The van der Waals surface area contributed by atoms with Gasteiger partial charge in [-0.05, 0) is 55.6 Å². The summed E-state index contributed by atoms with van der Waals surface area (Å²) in [5.74, 6) is -0.124. The van der Waals surface area contributed by atoms with Crippen molar-refractivity contribution in [2.75, 3.05) is 37.6 Å². The summed E-state index contributed by atoms with van der Waals surface area (Å²) < 4.78 is 23.4. The molecular weight excluding hydrogens is 453 g/mol. The molecule has 2 aromatic carbocycles. The number of fused-ring (bicyclic) bond motifs is 2. The summed E-state index contributed by atoms with van der Waals surface area (Å²) in [5.41, 5.74) is 2.67. The van der Waals surface area contributed by atoms with E-state index in [0.717, 1.165) is 74.0 Å². The lowest BCUT2D eigenvalue weighted by Gasteiger charge is -2.36. The van der Waals surface area contributed by atoms with Gasteiger partial charge >= 0.3 is 11.8 Å². The van der Waals surface area contributed by atoms with Crippen molar-refractivity contribution in [3.05, 3.63) is 70.5 Å². The van der Waals surface area contributed by atoms with Crippen LogP contribution in [0.15, 0.2) is 57.9 Å². The Morgan fingerprint density at radius 3 is 2.66 bits per heavy atom. The summed E-state index contributed by atoms with van der Waals surface area (Å²) in [7, 11) is 0. The fourth-order valence-electron chi connectivity index (χ4n) is 4.78. The van der Waals surface area contributed by atoms with Gasteiger partial charge in [-0.2, -0.15) is 0 Å². The third-order valence-electron chi connectivity index (χ3n) is 6.51. The highest BCUT2D eigenvalue weighted by atomic mass is 19.1. The van der Waals surface area contributed by atoms with Crippen molar-refractivity contribution in [1.82, 2.24) is 9.88 Å². The van der Waals surface area contributed by atoms with E-state index in [1.807, 2.05) is 12.3 Å². The Kier molecular flexibility index (Phi) is 6.41. The van der Waals surface area contributed by atoms with Gasteiger partial charge in [-0.1, -0.05) is 0 Å². The summed E-state index contributed by atoms with van der Waals surface area (Å²) in [6, 6.07) is 11.1. The Bertz CT molecular complexity index is 1420. The Labute approximate surface area is 200 Å². The zero-order chi connectivity index (χ0) is 24.4. The summed E-state index contributed by atoms with van der Waals surface area (Å²) in [4.78, 5) is 30.5. The van der Waals surface area contributed by atoms with Crippen LogP contribution in [0.2, 0.25) is 0 Å². The lowest BCUT2D eigenvalue weighted by molar-refractivity contribution is 0.144. The number of ether oxygens (including phenoxy) is 1. The molecule has 0 amide bonds. The first-order valence-electron chi connectivity index (χ1n) is 11.7. The van der Waals surface area contributed by atoms with Gasteiger partial charge in [0.15, 0.2) is 0 Å². The number of aromatic nitrogens is 1. The molecule has 182 valence electrons. The molecule has 0 unspecified atom stereocenters. The first-order chi connectivity index (χ1) is 17.0. The Morgan fingerprint density at radius 1 is 1.06 bits per heavy atom. The van der Waals surface area contributed by atoms with E-state index in [-0.39, 0.29) is 5.58 Å². The number of carbonyl (C=O) groups is 1. The number of unbranched alkanes of at least 4 members (excludes halogenated alkanes) is 1. The van der Waals surface area contributed by atoms with Gasteiger partial charge in [-0.25, -0.2) is 14.0 Å². The second-order valence-electron chi connectivity index (χ2n) is 8.77. The number of nitrogens with zero attached hydrogens (tertiary/aromatic N) is 2. The second-order valence-corrected chi connectivity index (χ2v) is 8.77. The molecule has 35 heavy (non-hydrogen) atoms. The molecule has 8 nitrogen and oxygen atoms in total. The standard InChI is InChI=1S/C26H26FN3O5/c27-18-4-6-21-23(15-25(31)35-24(21)13-18)30-11-9-29(10-12-30)8-2-1-3-17-16-28-22-14-19(34-26(32)33)5-7-20(17)22/h4-7,13-16,28H,1-3,8-12H2,(H,32,33). The van der Waals surface area contributed by atoms with Crippen LogP contribution in [0.25, 0.3) is 21.9 Å². The van der Waals surface area contributed by atoms with Crippen LogP contribution >= 0.6 is 0 Å². The van der Waals surface area contributed by atoms with Crippen LogP contribution in [0.5, 0.6) is 5.75 Å². The molecule has 9 heteroatoms. The predicted molar refractivity (Wildman–Crippen MR) is 131 cm³/mol. The summed E-state index contributed by atoms with van der Waals surface area (Å²) >= 11 is 0. The second kappa shape index (κ2) is 9.79. The fraction of sp³-hybridized carbons (Fsp3) is 0.308. The molecule has 0 atom stereocenters. The van der Waals surface area contributed by atoms with E-state index in [1.165, 1.54) is 23.8 Å². The minimum Gasteiger partial charge on any atom is -0.449 e. The number of aromatic amines is 1. The number of hydrogen-bond acceptors (Lipinski definition) is 6. The molecule has 0 radical (unpaired) electrons. The summed E-state index contributed by atoms with van der Waals surface area (Å²) in [6.07, 6.45) is 3.68. The first-order valence-corrected chi connectivity index (χ1v) is 11.7. The average molecular weight is 480 g/mol. The fourth-order valence-corrected chi connectivity index (χ4v) is 4.78. The van der Waals surface area contributed by atoms with Crippen molar-refractivity contribution in [1.29, 1.82) is 0 Å². The lowest BCUT2D eigenvalue weighted by Crippen LogP contribution is -2.46. The molecular formula is C26H26FN3O5. The van der Waals surface area contributed by atoms with E-state index in [4.69, 9.17) is 14.3 Å². The van der Waals surface area contributed by atoms with Crippen LogP contribution in [0.1, 0.15) is 18.4 Å². The number of piperazine rings is 1. The molecule has 2 N–H and O–H groups in total. The third kappa shape index (κ3) is 5.14. The van der Waals surface area contributed by atoms with Crippen LogP contribution < -0.4 is 15.3 Å². The quantitative estimate of drug-likeness (QED) is 0.173. The van der Waals surface area contributed by atoms with Crippen molar-refractivity contribution in [3.8, 4) is 5.75 Å². The normalized spacial score (nSPS) is 14.6. The molecule has 4 aromatic rings. The van der Waals surface area contributed by atoms with Crippen LogP contribution in [-0.4, -0.2) is 53.9 Å². The monoisotopic (exact) mass is 479 g/mol. The van der Waals surface area contributed by atoms with Crippen LogP contribution in [0.4, 0.5) is 14.9 Å². The minimum atomic E-state index is -1.32. The van der Waals surface area contributed by atoms with Crippen molar-refractivity contribution in [2.24, 2.45) is 0 Å². The van der Waals surface area contributed by atoms with E-state index < -0.39 is 17.6 Å². The topological polar surface area (TPSA) is 99.0 Å². The summed E-state index contributed by atoms with van der Waals surface area (Å²) in [5, 5.41) is 10.6. The van der Waals surface area contributed by atoms with Crippen LogP contribution in [0.3, 0.4) is 0 Å². The van der Waals surface area contributed by atoms with Crippen molar-refractivity contribution in [3.63, 3.8) is 0 Å². The van der Waals surface area contributed by atoms with E-state index in [1.54, 1.807) is 18.2 Å². The van der Waals surface area contributed by atoms with Crippen molar-refractivity contribution < 1.29 is 23.4 Å². The molecule has 1 aliphatic heterocycles. The smallest absolute Gasteiger partial charge is 0.449 e. The zero-order valence-electron chi connectivity index (χ0n) is 19.1. The highest BCUT2D eigenvalue weighted by Crippen LogP contribution is 2.27. The molecule has 0 spiro atoms. The number of H-pyrrole nitrogens is 1. The van der Waals surface area contributed by atoms with Gasteiger partial charge in [-0.15, -0.1) is 0 Å². The molecule has 0 aliphatic carbocycles. The molecule has 3 heterocycles. The van der Waals surface area contributed by atoms with Gasteiger partial charge in [0.05, 0.1) is 5.69 Å². The largest absolute Gasteiger partial charge is 0.511 e. The maximum atomic E-state index is 13.6. The summed E-state index contributed by atoms with van der Waals surface area (Å²) in [6.45, 7) is 4.36. The number of halogens is 1. The molecule has 1 fully saturated rings. The number of benzene rings is 2. The van der Waals surface area contributed by atoms with E-state index >= 15 is 0 Å². The van der Waals surface area contributed by atoms with Crippen LogP contribution in [-0.2, 0) is 6.42 Å². The molecule has 0 bridgehead atoms. The Hall–Kier alpha value is -3.85. The number of anilines is 1. The average Bonchev–Trinajstić information content (AvgIpc) is 3.23. The lowest BCUT2D eigenvalue weighted by atomic mass is 10.1. The number of aryl methyl sites for hydroxylation is 1. The first kappa shape index (κ1) is 22.9. The number of rotatable bonds is 7. The highest BCUT2D eigenvalue weighted by molar-refractivity contribution is 5.90.